The second-order valence-electron chi connectivity index (χ2n) is 5.48. The van der Waals surface area contributed by atoms with E-state index in [9.17, 15) is 4.79 Å². The molecule has 0 saturated carbocycles. The smallest absolute Gasteiger partial charge is 0.227 e. The summed E-state index contributed by atoms with van der Waals surface area (Å²) in [6.07, 6.45) is 8.01. The van der Waals surface area contributed by atoms with Crippen molar-refractivity contribution in [2.24, 2.45) is 0 Å². The molecule has 3 rings (SSSR count). The van der Waals surface area contributed by atoms with Gasteiger partial charge >= 0.3 is 0 Å². The second-order valence-corrected chi connectivity index (χ2v) is 6.39. The number of pyridine rings is 1. The lowest BCUT2D eigenvalue weighted by atomic mass is 10.1. The zero-order valence-corrected chi connectivity index (χ0v) is 16.7. The molecule has 0 N–H and O–H groups in total. The van der Waals surface area contributed by atoms with Gasteiger partial charge in [0.15, 0.2) is 12.4 Å². The van der Waals surface area contributed by atoms with Crippen LogP contribution in [-0.4, -0.2) is 5.78 Å². The highest BCUT2D eigenvalue weighted by Crippen LogP contribution is 2.11. The molecule has 2 nitrogen and oxygen atoms in total. The van der Waals surface area contributed by atoms with E-state index in [0.717, 1.165) is 15.6 Å². The fraction of sp³-hybridized carbons (Fsp3) is 0.0476. The largest absolute Gasteiger partial charge is 1.00 e. The molecule has 0 fully saturated rings. The molecule has 0 saturated heterocycles. The minimum absolute atomic E-state index is 0. The lowest BCUT2D eigenvalue weighted by Gasteiger charge is -1.99. The van der Waals surface area contributed by atoms with Crippen molar-refractivity contribution in [1.29, 1.82) is 0 Å². The highest BCUT2D eigenvalue weighted by molar-refractivity contribution is 9.10. The lowest BCUT2D eigenvalue weighted by Crippen LogP contribution is -3.00. The van der Waals surface area contributed by atoms with Gasteiger partial charge < -0.3 is 17.0 Å². The van der Waals surface area contributed by atoms with Crippen molar-refractivity contribution in [3.63, 3.8) is 0 Å². The monoisotopic (exact) mass is 457 g/mol. The first-order valence-electron chi connectivity index (χ1n) is 7.72. The Labute approximate surface area is 166 Å². The molecule has 0 unspecified atom stereocenters. The van der Waals surface area contributed by atoms with E-state index in [0.29, 0.717) is 6.54 Å². The first-order chi connectivity index (χ1) is 11.7. The third kappa shape index (κ3) is 5.76. The fourth-order valence-corrected chi connectivity index (χ4v) is 2.60. The van der Waals surface area contributed by atoms with Crippen LogP contribution in [0.25, 0.3) is 12.2 Å². The van der Waals surface area contributed by atoms with Gasteiger partial charge in [-0.2, -0.15) is 4.57 Å². The number of carbonyl (C=O) groups excluding carboxylic acids is 1. The van der Waals surface area contributed by atoms with Gasteiger partial charge in [-0.3, -0.25) is 4.79 Å². The van der Waals surface area contributed by atoms with Crippen LogP contribution in [0.1, 0.15) is 21.5 Å². The molecule has 126 valence electrons. The summed E-state index contributed by atoms with van der Waals surface area (Å²) < 4.78 is 2.87. The van der Waals surface area contributed by atoms with Crippen molar-refractivity contribution in [3.8, 4) is 0 Å². The number of benzene rings is 2. The number of hydrogen-bond donors (Lipinski definition) is 0. The summed E-state index contributed by atoms with van der Waals surface area (Å²) >= 11 is 3.38. The molecule has 2 aromatic carbocycles. The van der Waals surface area contributed by atoms with Crippen LogP contribution in [0.3, 0.4) is 0 Å². The van der Waals surface area contributed by atoms with E-state index in [1.165, 1.54) is 5.56 Å². The van der Waals surface area contributed by atoms with E-state index in [2.05, 4.69) is 40.2 Å². The van der Waals surface area contributed by atoms with Crippen LogP contribution >= 0.6 is 15.9 Å². The predicted octanol–water partition coefficient (Wildman–Crippen LogP) is 1.79. The number of halogens is 2. The number of ketones is 1. The number of aromatic nitrogens is 1. The standard InChI is InChI=1S/C21H17BrNO.BrH/c22-20-10-8-19(9-11-20)21(24)16-23-14-12-18(13-15-23)7-6-17-4-2-1-3-5-17;/h1-15H,16H2;1H/q+1;/p-1/b7-6+;. The summed E-state index contributed by atoms with van der Waals surface area (Å²) in [6.45, 7) is 0.338. The normalized spacial score (nSPS) is 10.4. The first kappa shape index (κ1) is 19.3. The molecule has 0 bridgehead atoms. The molecule has 0 aliphatic rings. The maximum atomic E-state index is 12.3. The zero-order chi connectivity index (χ0) is 16.8. The van der Waals surface area contributed by atoms with Gasteiger partial charge in [-0.25, -0.2) is 0 Å². The molecular weight excluding hydrogens is 442 g/mol. The fourth-order valence-electron chi connectivity index (χ4n) is 2.33. The molecule has 0 aliphatic carbocycles. The van der Waals surface area contributed by atoms with E-state index in [1.807, 2.05) is 71.6 Å². The van der Waals surface area contributed by atoms with Gasteiger partial charge in [0.05, 0.1) is 0 Å². The van der Waals surface area contributed by atoms with Crippen molar-refractivity contribution < 1.29 is 26.3 Å². The summed E-state index contributed by atoms with van der Waals surface area (Å²) in [6, 6.07) is 21.6. The lowest BCUT2D eigenvalue weighted by molar-refractivity contribution is -0.683. The van der Waals surface area contributed by atoms with Crippen LogP contribution in [0.2, 0.25) is 0 Å². The van der Waals surface area contributed by atoms with Crippen molar-refractivity contribution in [3.05, 3.63) is 100 Å². The predicted molar refractivity (Wildman–Crippen MR) is 100 cm³/mol. The van der Waals surface area contributed by atoms with Crippen LogP contribution in [0.4, 0.5) is 0 Å². The Kier molecular flexibility index (Phi) is 7.29. The summed E-state index contributed by atoms with van der Waals surface area (Å²) in [7, 11) is 0. The topological polar surface area (TPSA) is 20.9 Å². The van der Waals surface area contributed by atoms with E-state index in [1.54, 1.807) is 0 Å². The van der Waals surface area contributed by atoms with Gasteiger partial charge in [-0.15, -0.1) is 0 Å². The van der Waals surface area contributed by atoms with E-state index < -0.39 is 0 Å². The number of Topliss-reactive ketones (excluding diaryl/α,β-unsaturated/α-hetero) is 1. The molecule has 0 radical (unpaired) electrons. The average Bonchev–Trinajstić information content (AvgIpc) is 2.62. The molecular formula is C21H17Br2NO. The Morgan fingerprint density at radius 1 is 0.840 bits per heavy atom. The van der Waals surface area contributed by atoms with Gasteiger partial charge in [0, 0.05) is 22.2 Å². The average molecular weight is 459 g/mol. The zero-order valence-electron chi connectivity index (χ0n) is 13.5. The van der Waals surface area contributed by atoms with Crippen molar-refractivity contribution in [2.45, 2.75) is 6.54 Å². The molecule has 3 aromatic rings. The molecule has 0 aliphatic heterocycles. The van der Waals surface area contributed by atoms with Crippen molar-refractivity contribution in [2.75, 3.05) is 0 Å². The highest BCUT2D eigenvalue weighted by atomic mass is 79.9. The van der Waals surface area contributed by atoms with Crippen molar-refractivity contribution in [1.82, 2.24) is 0 Å². The third-order valence-corrected chi connectivity index (χ3v) is 4.21. The Hall–Kier alpha value is -2.04. The summed E-state index contributed by atoms with van der Waals surface area (Å²) in [5.41, 5.74) is 2.99. The second kappa shape index (κ2) is 9.44. The van der Waals surface area contributed by atoms with E-state index in [-0.39, 0.29) is 22.8 Å². The van der Waals surface area contributed by atoms with Gasteiger partial charge in [0.25, 0.3) is 0 Å². The number of rotatable bonds is 5. The summed E-state index contributed by atoms with van der Waals surface area (Å²) in [4.78, 5) is 12.3. The Bertz CT molecular complexity index is 841. The number of nitrogens with zero attached hydrogens (tertiary/aromatic N) is 1. The first-order valence-corrected chi connectivity index (χ1v) is 8.51. The highest BCUT2D eigenvalue weighted by Gasteiger charge is 2.11. The number of hydrogen-bond acceptors (Lipinski definition) is 1. The van der Waals surface area contributed by atoms with Crippen LogP contribution in [0.15, 0.2) is 83.6 Å². The molecule has 0 atom stereocenters. The summed E-state index contributed by atoms with van der Waals surface area (Å²) in [5, 5.41) is 0. The van der Waals surface area contributed by atoms with Crippen LogP contribution in [0.5, 0.6) is 0 Å². The van der Waals surface area contributed by atoms with Gasteiger partial charge in [0.2, 0.25) is 12.3 Å². The minimum atomic E-state index is 0. The third-order valence-electron chi connectivity index (χ3n) is 3.68. The molecule has 4 heteroatoms. The van der Waals surface area contributed by atoms with Crippen LogP contribution in [-0.2, 0) is 6.54 Å². The van der Waals surface area contributed by atoms with E-state index in [4.69, 9.17) is 0 Å². The molecule has 25 heavy (non-hydrogen) atoms. The Morgan fingerprint density at radius 3 is 2.00 bits per heavy atom. The molecule has 0 amide bonds. The Balaban J connectivity index is 0.00000225. The maximum Gasteiger partial charge on any atom is 0.227 e. The summed E-state index contributed by atoms with van der Waals surface area (Å²) in [5.74, 6) is 0.0973. The minimum Gasteiger partial charge on any atom is -1.00 e. The molecule has 1 heterocycles. The maximum absolute atomic E-state index is 12.3. The Morgan fingerprint density at radius 2 is 1.40 bits per heavy atom. The van der Waals surface area contributed by atoms with Gasteiger partial charge in [-0.1, -0.05) is 70.5 Å². The molecule has 1 aromatic heterocycles. The van der Waals surface area contributed by atoms with Gasteiger partial charge in [-0.05, 0) is 23.3 Å². The van der Waals surface area contributed by atoms with Crippen molar-refractivity contribution >= 4 is 33.9 Å². The number of carbonyl (C=O) groups is 1. The van der Waals surface area contributed by atoms with Crippen LogP contribution in [0, 0.1) is 0 Å². The van der Waals surface area contributed by atoms with Gasteiger partial charge in [0.1, 0.15) is 0 Å². The SMILES string of the molecule is O=C(C[n+]1ccc(/C=C/c2ccccc2)cc1)c1ccc(Br)cc1.[Br-]. The quantitative estimate of drug-likeness (QED) is 0.422. The van der Waals surface area contributed by atoms with E-state index >= 15 is 0 Å². The molecule has 0 spiro atoms. The van der Waals surface area contributed by atoms with Crippen LogP contribution < -0.4 is 21.5 Å².